The predicted molar refractivity (Wildman–Crippen MR) is 68.6 cm³/mol. The molecule has 0 aliphatic rings. The molecule has 0 aromatic heterocycles. The molecule has 0 atom stereocenters. The lowest BCUT2D eigenvalue weighted by molar-refractivity contribution is 1.07. The van der Waals surface area contributed by atoms with Crippen LogP contribution in [-0.4, -0.2) is 0 Å². The minimum Gasteiger partial charge on any atom is -0.399 e. The summed E-state index contributed by atoms with van der Waals surface area (Å²) in [7, 11) is 0. The van der Waals surface area contributed by atoms with Gasteiger partial charge in [0, 0.05) is 23.5 Å². The van der Waals surface area contributed by atoms with Gasteiger partial charge in [0.2, 0.25) is 0 Å². The Balaban J connectivity index is 2.50. The van der Waals surface area contributed by atoms with Crippen molar-refractivity contribution >= 4 is 11.4 Å². The maximum atomic E-state index is 5.94. The SMILES string of the molecule is NCc1ccc(N)c(-c2ccc(N)cc2)c1. The summed E-state index contributed by atoms with van der Waals surface area (Å²) in [5.41, 5.74) is 21.8. The zero-order chi connectivity index (χ0) is 11.5. The number of benzene rings is 2. The van der Waals surface area contributed by atoms with Crippen molar-refractivity contribution in [3.63, 3.8) is 0 Å². The third kappa shape index (κ3) is 1.99. The first-order valence-corrected chi connectivity index (χ1v) is 5.15. The Labute approximate surface area is 94.9 Å². The molecule has 2 rings (SSSR count). The summed E-state index contributed by atoms with van der Waals surface area (Å²) in [6.07, 6.45) is 0. The van der Waals surface area contributed by atoms with Crippen molar-refractivity contribution in [3.8, 4) is 11.1 Å². The van der Waals surface area contributed by atoms with E-state index in [9.17, 15) is 0 Å². The lowest BCUT2D eigenvalue weighted by Crippen LogP contribution is -1.98. The summed E-state index contributed by atoms with van der Waals surface area (Å²) in [5, 5.41) is 0. The van der Waals surface area contributed by atoms with Gasteiger partial charge in [0.15, 0.2) is 0 Å². The molecule has 0 heterocycles. The van der Waals surface area contributed by atoms with Crippen molar-refractivity contribution in [3.05, 3.63) is 48.0 Å². The van der Waals surface area contributed by atoms with Gasteiger partial charge in [-0.05, 0) is 35.4 Å². The zero-order valence-corrected chi connectivity index (χ0v) is 8.98. The molecule has 0 amide bonds. The average molecular weight is 213 g/mol. The van der Waals surface area contributed by atoms with Crippen LogP contribution in [0.25, 0.3) is 11.1 Å². The highest BCUT2D eigenvalue weighted by Gasteiger charge is 2.03. The number of hydrogen-bond donors (Lipinski definition) is 3. The van der Waals surface area contributed by atoms with E-state index in [0.717, 1.165) is 28.1 Å². The number of rotatable bonds is 2. The Morgan fingerprint density at radius 1 is 0.875 bits per heavy atom. The second-order valence-corrected chi connectivity index (χ2v) is 3.75. The first-order chi connectivity index (χ1) is 7.70. The van der Waals surface area contributed by atoms with Crippen LogP contribution in [0.4, 0.5) is 11.4 Å². The summed E-state index contributed by atoms with van der Waals surface area (Å²) >= 11 is 0. The van der Waals surface area contributed by atoms with Crippen molar-refractivity contribution in [1.82, 2.24) is 0 Å². The highest BCUT2D eigenvalue weighted by Crippen LogP contribution is 2.27. The molecule has 0 saturated carbocycles. The van der Waals surface area contributed by atoms with Gasteiger partial charge in [-0.25, -0.2) is 0 Å². The van der Waals surface area contributed by atoms with Crippen LogP contribution in [0.3, 0.4) is 0 Å². The molecule has 6 N–H and O–H groups in total. The van der Waals surface area contributed by atoms with Gasteiger partial charge in [-0.15, -0.1) is 0 Å². The van der Waals surface area contributed by atoms with Gasteiger partial charge in [-0.3, -0.25) is 0 Å². The van der Waals surface area contributed by atoms with Gasteiger partial charge in [0.25, 0.3) is 0 Å². The summed E-state index contributed by atoms with van der Waals surface area (Å²) in [5.74, 6) is 0. The predicted octanol–water partition coefficient (Wildman–Crippen LogP) is 1.98. The van der Waals surface area contributed by atoms with E-state index in [-0.39, 0.29) is 0 Å². The molecule has 2 aromatic rings. The molecular weight excluding hydrogens is 198 g/mol. The fraction of sp³-hybridized carbons (Fsp3) is 0.0769. The maximum Gasteiger partial charge on any atom is 0.0393 e. The van der Waals surface area contributed by atoms with E-state index in [2.05, 4.69) is 0 Å². The lowest BCUT2D eigenvalue weighted by atomic mass is 10.0. The van der Waals surface area contributed by atoms with Gasteiger partial charge in [0.05, 0.1) is 0 Å². The Bertz CT molecular complexity index is 489. The summed E-state index contributed by atoms with van der Waals surface area (Å²) in [4.78, 5) is 0. The molecule has 0 unspecified atom stereocenters. The molecule has 0 spiro atoms. The van der Waals surface area contributed by atoms with E-state index in [0.29, 0.717) is 6.54 Å². The Morgan fingerprint density at radius 3 is 2.19 bits per heavy atom. The minimum absolute atomic E-state index is 0.516. The zero-order valence-electron chi connectivity index (χ0n) is 8.98. The molecule has 16 heavy (non-hydrogen) atoms. The van der Waals surface area contributed by atoms with Crippen molar-refractivity contribution in [2.75, 3.05) is 11.5 Å². The van der Waals surface area contributed by atoms with Gasteiger partial charge in [-0.1, -0.05) is 18.2 Å². The highest BCUT2D eigenvalue weighted by atomic mass is 14.6. The fourth-order valence-corrected chi connectivity index (χ4v) is 1.64. The van der Waals surface area contributed by atoms with E-state index in [1.165, 1.54) is 0 Å². The van der Waals surface area contributed by atoms with E-state index >= 15 is 0 Å². The molecule has 0 saturated heterocycles. The van der Waals surface area contributed by atoms with Crippen molar-refractivity contribution < 1.29 is 0 Å². The molecule has 2 aromatic carbocycles. The van der Waals surface area contributed by atoms with Gasteiger partial charge in [0.1, 0.15) is 0 Å². The number of nitrogen functional groups attached to an aromatic ring is 2. The fourth-order valence-electron chi connectivity index (χ4n) is 1.64. The first kappa shape index (κ1) is 10.5. The third-order valence-corrected chi connectivity index (χ3v) is 2.58. The number of hydrogen-bond acceptors (Lipinski definition) is 3. The molecule has 82 valence electrons. The molecule has 0 bridgehead atoms. The van der Waals surface area contributed by atoms with Crippen molar-refractivity contribution in [2.24, 2.45) is 5.73 Å². The second kappa shape index (κ2) is 4.24. The molecule has 0 fully saturated rings. The summed E-state index contributed by atoms with van der Waals surface area (Å²) in [6.45, 7) is 0.516. The van der Waals surface area contributed by atoms with Gasteiger partial charge < -0.3 is 17.2 Å². The van der Waals surface area contributed by atoms with E-state index in [4.69, 9.17) is 17.2 Å². The summed E-state index contributed by atoms with van der Waals surface area (Å²) in [6, 6.07) is 13.5. The first-order valence-electron chi connectivity index (χ1n) is 5.15. The second-order valence-electron chi connectivity index (χ2n) is 3.75. The van der Waals surface area contributed by atoms with Crippen LogP contribution in [0.15, 0.2) is 42.5 Å². The smallest absolute Gasteiger partial charge is 0.0393 e. The van der Waals surface area contributed by atoms with Crippen LogP contribution >= 0.6 is 0 Å². The molecular formula is C13H15N3. The van der Waals surface area contributed by atoms with E-state index in [1.54, 1.807) is 0 Å². The van der Waals surface area contributed by atoms with Crippen LogP contribution in [0.1, 0.15) is 5.56 Å². The van der Waals surface area contributed by atoms with Gasteiger partial charge in [-0.2, -0.15) is 0 Å². The Hall–Kier alpha value is -2.00. The third-order valence-electron chi connectivity index (χ3n) is 2.58. The van der Waals surface area contributed by atoms with Crippen LogP contribution in [0.2, 0.25) is 0 Å². The van der Waals surface area contributed by atoms with Crippen molar-refractivity contribution in [1.29, 1.82) is 0 Å². The lowest BCUT2D eigenvalue weighted by Gasteiger charge is -2.08. The topological polar surface area (TPSA) is 78.1 Å². The Morgan fingerprint density at radius 2 is 1.56 bits per heavy atom. The van der Waals surface area contributed by atoms with E-state index < -0.39 is 0 Å². The molecule has 3 nitrogen and oxygen atoms in total. The molecule has 3 heteroatoms. The standard InChI is InChI=1S/C13H15N3/c14-8-9-1-6-13(16)12(7-9)10-2-4-11(15)5-3-10/h1-7H,8,14-16H2. The van der Waals surface area contributed by atoms with Crippen LogP contribution in [0, 0.1) is 0 Å². The number of anilines is 2. The minimum atomic E-state index is 0.516. The van der Waals surface area contributed by atoms with E-state index in [1.807, 2.05) is 42.5 Å². The highest BCUT2D eigenvalue weighted by molar-refractivity contribution is 5.77. The maximum absolute atomic E-state index is 5.94. The molecule has 0 radical (unpaired) electrons. The average Bonchev–Trinajstić information content (AvgIpc) is 2.31. The number of nitrogens with two attached hydrogens (primary N) is 3. The Kier molecular flexibility index (Phi) is 2.79. The quantitative estimate of drug-likeness (QED) is 0.667. The monoisotopic (exact) mass is 213 g/mol. The van der Waals surface area contributed by atoms with Crippen molar-refractivity contribution in [2.45, 2.75) is 6.54 Å². The molecule has 0 aliphatic carbocycles. The normalized spacial score (nSPS) is 10.3. The molecule has 0 aliphatic heterocycles. The van der Waals surface area contributed by atoms with Crippen LogP contribution < -0.4 is 17.2 Å². The summed E-state index contributed by atoms with van der Waals surface area (Å²) < 4.78 is 0. The largest absolute Gasteiger partial charge is 0.399 e. The van der Waals surface area contributed by atoms with Crippen LogP contribution in [-0.2, 0) is 6.54 Å². The van der Waals surface area contributed by atoms with Crippen LogP contribution in [0.5, 0.6) is 0 Å². The van der Waals surface area contributed by atoms with Gasteiger partial charge >= 0.3 is 0 Å².